The van der Waals surface area contributed by atoms with Gasteiger partial charge in [-0.15, -0.1) is 10.2 Å². The van der Waals surface area contributed by atoms with Gasteiger partial charge in [0.05, 0.1) is 0 Å². The Labute approximate surface area is 196 Å². The van der Waals surface area contributed by atoms with Crippen LogP contribution in [-0.2, 0) is 12.5 Å². The molecule has 11 nitrogen and oxygen atoms in total. The Balaban J connectivity index is 1.76. The molecule has 0 saturated heterocycles. The first kappa shape index (κ1) is 23.6. The minimum atomic E-state index is -3.18. The number of benzene rings is 1. The molecular weight excluding hydrogens is 466 g/mol. The number of primary amides is 1. The van der Waals surface area contributed by atoms with Gasteiger partial charge in [0, 0.05) is 32.3 Å². The number of amides is 1. The largest absolute Gasteiger partial charge is 0.476 e. The Morgan fingerprint density at radius 3 is 2.49 bits per heavy atom. The van der Waals surface area contributed by atoms with Crippen LogP contribution in [0.15, 0.2) is 45.2 Å². The number of nitrogens with two attached hydrogens (primary N) is 1. The number of anilines is 1. The first-order valence-electron chi connectivity index (χ1n) is 10.2. The molecule has 4 rings (SSSR count). The molecule has 35 heavy (non-hydrogen) atoms. The number of alkyl halides is 2. The van der Waals surface area contributed by atoms with E-state index in [0.29, 0.717) is 12.5 Å². The van der Waals surface area contributed by atoms with E-state index in [9.17, 15) is 23.5 Å². The molecule has 0 aliphatic carbocycles. The summed E-state index contributed by atoms with van der Waals surface area (Å²) in [5, 5.41) is 17.8. The number of nitrogens with zero attached hydrogens (tertiary/aromatic N) is 5. The number of carboxylic acid groups (broad SMARTS) is 1. The van der Waals surface area contributed by atoms with Crippen LogP contribution in [0.25, 0.3) is 22.9 Å². The van der Waals surface area contributed by atoms with E-state index in [2.05, 4.69) is 15.2 Å². The number of aromatic nitrogens is 4. The van der Waals surface area contributed by atoms with Gasteiger partial charge in [0.2, 0.25) is 0 Å². The molecule has 0 aliphatic rings. The van der Waals surface area contributed by atoms with Crippen molar-refractivity contribution in [2.45, 2.75) is 19.4 Å². The number of carboxylic acids is 1. The van der Waals surface area contributed by atoms with Crippen molar-refractivity contribution >= 4 is 17.6 Å². The Morgan fingerprint density at radius 1 is 1.14 bits per heavy atom. The lowest BCUT2D eigenvalue weighted by Crippen LogP contribution is -2.14. The molecule has 1 aromatic carbocycles. The average molecular weight is 486 g/mol. The highest BCUT2D eigenvalue weighted by Gasteiger charge is 2.30. The summed E-state index contributed by atoms with van der Waals surface area (Å²) < 4.78 is 37.8. The van der Waals surface area contributed by atoms with Gasteiger partial charge in [-0.1, -0.05) is 12.1 Å². The van der Waals surface area contributed by atoms with Gasteiger partial charge >= 0.3 is 11.9 Å². The molecule has 0 aliphatic heterocycles. The molecule has 4 aromatic rings. The van der Waals surface area contributed by atoms with Crippen LogP contribution in [0.5, 0.6) is 0 Å². The number of furan rings is 1. The van der Waals surface area contributed by atoms with Crippen molar-refractivity contribution in [2.24, 2.45) is 5.73 Å². The summed E-state index contributed by atoms with van der Waals surface area (Å²) in [7, 11) is 3.65. The van der Waals surface area contributed by atoms with Gasteiger partial charge in [-0.05, 0) is 24.3 Å². The average Bonchev–Trinajstić information content (AvgIpc) is 3.51. The summed E-state index contributed by atoms with van der Waals surface area (Å²) in [5.41, 5.74) is 5.69. The summed E-state index contributed by atoms with van der Waals surface area (Å²) >= 11 is 0. The summed E-state index contributed by atoms with van der Waals surface area (Å²) in [4.78, 5) is 30.7. The van der Waals surface area contributed by atoms with Gasteiger partial charge in [-0.3, -0.25) is 4.79 Å². The molecule has 0 spiro atoms. The molecule has 0 bridgehead atoms. The first-order chi connectivity index (χ1) is 16.4. The molecule has 13 heteroatoms. The fourth-order valence-electron chi connectivity index (χ4n) is 3.25. The van der Waals surface area contributed by atoms with Crippen molar-refractivity contribution in [1.82, 2.24) is 20.0 Å². The Kier molecular flexibility index (Phi) is 5.84. The zero-order chi connectivity index (χ0) is 25.5. The SMILES string of the molecule is CN(C)c1cccc(-c2oc(-c3nn(Cc4ccc(C(C)(F)F)o4)nc3C(N)=O)nc2C(=O)O)c1. The number of oxazole rings is 1. The van der Waals surface area contributed by atoms with E-state index in [-0.39, 0.29) is 35.3 Å². The van der Waals surface area contributed by atoms with E-state index in [4.69, 9.17) is 14.6 Å². The lowest BCUT2D eigenvalue weighted by atomic mass is 10.1. The second kappa shape index (κ2) is 8.66. The van der Waals surface area contributed by atoms with Crippen LogP contribution in [-0.4, -0.2) is 51.1 Å². The van der Waals surface area contributed by atoms with E-state index in [0.717, 1.165) is 16.6 Å². The molecule has 3 heterocycles. The number of hydrogen-bond donors (Lipinski definition) is 2. The van der Waals surface area contributed by atoms with Crippen LogP contribution in [0.2, 0.25) is 0 Å². The third kappa shape index (κ3) is 4.74. The van der Waals surface area contributed by atoms with Gasteiger partial charge in [0.25, 0.3) is 11.8 Å². The van der Waals surface area contributed by atoms with Crippen LogP contribution in [0.3, 0.4) is 0 Å². The highest BCUT2D eigenvalue weighted by Crippen LogP contribution is 2.32. The minimum absolute atomic E-state index is 0.0537. The smallest absolute Gasteiger partial charge is 0.358 e. The number of carbonyl (C=O) groups excluding carboxylic acids is 1. The molecule has 0 atom stereocenters. The van der Waals surface area contributed by atoms with Crippen molar-refractivity contribution in [3.8, 4) is 22.9 Å². The van der Waals surface area contributed by atoms with Crippen molar-refractivity contribution < 1.29 is 32.3 Å². The predicted octanol–water partition coefficient (Wildman–Crippen LogP) is 3.22. The van der Waals surface area contributed by atoms with E-state index < -0.39 is 29.3 Å². The number of carbonyl (C=O) groups is 2. The van der Waals surface area contributed by atoms with E-state index in [1.165, 1.54) is 6.07 Å². The second-order valence-electron chi connectivity index (χ2n) is 7.89. The van der Waals surface area contributed by atoms with E-state index in [1.54, 1.807) is 18.2 Å². The minimum Gasteiger partial charge on any atom is -0.476 e. The third-order valence-electron chi connectivity index (χ3n) is 4.94. The van der Waals surface area contributed by atoms with Gasteiger partial charge in [-0.25, -0.2) is 4.79 Å². The molecular formula is C22H20F2N6O5. The zero-order valence-corrected chi connectivity index (χ0v) is 18.8. The maximum Gasteiger partial charge on any atom is 0.358 e. The van der Waals surface area contributed by atoms with Crippen molar-refractivity contribution in [3.63, 3.8) is 0 Å². The Bertz CT molecular complexity index is 1420. The normalized spacial score (nSPS) is 11.6. The molecule has 0 fully saturated rings. The number of halogens is 2. The van der Waals surface area contributed by atoms with Gasteiger partial charge in [0.1, 0.15) is 12.3 Å². The lowest BCUT2D eigenvalue weighted by molar-refractivity contribution is -0.00641. The van der Waals surface area contributed by atoms with Crippen LogP contribution in [0.4, 0.5) is 14.5 Å². The Morgan fingerprint density at radius 2 is 1.89 bits per heavy atom. The van der Waals surface area contributed by atoms with Gasteiger partial charge < -0.3 is 24.6 Å². The van der Waals surface area contributed by atoms with Gasteiger partial charge in [0.15, 0.2) is 28.6 Å². The standard InChI is InChI=1S/C22H20F2N6O5/c1-22(23,24)14-8-7-13(34-14)10-30-27-15(19(25)31)16(28-30)20-26-17(21(32)33)18(35-20)11-5-4-6-12(9-11)29(2)3/h4-9H,10H2,1-3H3,(H2,25,31)(H,32,33). The van der Waals surface area contributed by atoms with Crippen LogP contribution in [0.1, 0.15) is 39.4 Å². The van der Waals surface area contributed by atoms with Crippen LogP contribution < -0.4 is 10.6 Å². The maximum absolute atomic E-state index is 13.5. The highest BCUT2D eigenvalue weighted by atomic mass is 19.3. The maximum atomic E-state index is 13.5. The predicted molar refractivity (Wildman–Crippen MR) is 118 cm³/mol. The summed E-state index contributed by atoms with van der Waals surface area (Å²) in [6, 6.07) is 9.35. The number of rotatable bonds is 8. The quantitative estimate of drug-likeness (QED) is 0.382. The number of hydrogen-bond acceptors (Lipinski definition) is 8. The molecule has 0 unspecified atom stereocenters. The number of aromatic carboxylic acids is 1. The molecule has 0 radical (unpaired) electrons. The van der Waals surface area contributed by atoms with Crippen molar-refractivity contribution in [3.05, 3.63) is 59.3 Å². The fraction of sp³-hybridized carbons (Fsp3) is 0.227. The molecule has 0 saturated carbocycles. The van der Waals surface area contributed by atoms with Crippen molar-refractivity contribution in [2.75, 3.05) is 19.0 Å². The van der Waals surface area contributed by atoms with Crippen LogP contribution >= 0.6 is 0 Å². The monoisotopic (exact) mass is 486 g/mol. The summed E-state index contributed by atoms with van der Waals surface area (Å²) in [5.74, 6) is -6.31. The second-order valence-corrected chi connectivity index (χ2v) is 7.89. The van der Waals surface area contributed by atoms with E-state index >= 15 is 0 Å². The van der Waals surface area contributed by atoms with Crippen molar-refractivity contribution in [1.29, 1.82) is 0 Å². The highest BCUT2D eigenvalue weighted by molar-refractivity contribution is 5.97. The lowest BCUT2D eigenvalue weighted by Gasteiger charge is -2.12. The van der Waals surface area contributed by atoms with Gasteiger partial charge in [-0.2, -0.15) is 18.6 Å². The Hall–Kier alpha value is -4.55. The molecule has 1 amide bonds. The third-order valence-corrected chi connectivity index (χ3v) is 4.94. The summed E-state index contributed by atoms with van der Waals surface area (Å²) in [6.07, 6.45) is 0. The molecule has 3 aromatic heterocycles. The fourth-order valence-corrected chi connectivity index (χ4v) is 3.25. The van der Waals surface area contributed by atoms with Crippen LogP contribution in [0, 0.1) is 0 Å². The molecule has 3 N–H and O–H groups in total. The zero-order valence-electron chi connectivity index (χ0n) is 18.8. The summed E-state index contributed by atoms with van der Waals surface area (Å²) in [6.45, 7) is 0.486. The van der Waals surface area contributed by atoms with E-state index in [1.807, 2.05) is 25.1 Å². The first-order valence-corrected chi connectivity index (χ1v) is 10.2. The topological polar surface area (TPSA) is 154 Å². The molecule has 182 valence electrons.